The molecule has 2 amide bonds. The first-order valence-electron chi connectivity index (χ1n) is 12.0. The molecule has 1 N–H and O–H groups in total. The number of hydrogen-bond acceptors (Lipinski definition) is 4. The molecule has 0 heterocycles. The van der Waals surface area contributed by atoms with Crippen LogP contribution in [0.1, 0.15) is 57.2 Å². The molecule has 0 fully saturated rings. The Morgan fingerprint density at radius 3 is 2.17 bits per heavy atom. The number of hydrogen-bond donors (Lipinski definition) is 1. The molecule has 198 valence electrons. The number of nitrogens with one attached hydrogen (secondary N) is 1. The van der Waals surface area contributed by atoms with Crippen molar-refractivity contribution in [1.29, 1.82) is 0 Å². The van der Waals surface area contributed by atoms with Crippen molar-refractivity contribution in [2.75, 3.05) is 17.1 Å². The second kappa shape index (κ2) is 11.9. The topological polar surface area (TPSA) is 86.8 Å². The Morgan fingerprint density at radius 1 is 1.03 bits per heavy atom. The molecule has 1 atom stereocenters. The fourth-order valence-electron chi connectivity index (χ4n) is 3.73. The standard InChI is InChI=1S/C27H38FN3O4S/c1-19-10-15-24(17-20(19)2)31(36(7,34)35)16-8-9-25(32)30(18-22-11-13-23(28)14-12-22)21(3)26(33)29-27(4,5)6/h10-15,17,21H,8-9,16,18H2,1-7H3,(H,29,33)/t21-/m1/s1. The summed E-state index contributed by atoms with van der Waals surface area (Å²) in [5.74, 6) is -0.974. The Balaban J connectivity index is 2.20. The van der Waals surface area contributed by atoms with Gasteiger partial charge < -0.3 is 10.2 Å². The molecule has 36 heavy (non-hydrogen) atoms. The number of carbonyl (C=O) groups excluding carboxylic acids is 2. The second-order valence-corrected chi connectivity index (χ2v) is 12.2. The molecular weight excluding hydrogens is 481 g/mol. The maximum atomic E-state index is 13.4. The van der Waals surface area contributed by atoms with E-state index >= 15 is 0 Å². The van der Waals surface area contributed by atoms with Crippen LogP contribution in [-0.4, -0.2) is 49.5 Å². The van der Waals surface area contributed by atoms with Crippen molar-refractivity contribution < 1.29 is 22.4 Å². The van der Waals surface area contributed by atoms with Gasteiger partial charge in [-0.25, -0.2) is 12.8 Å². The van der Waals surface area contributed by atoms with E-state index in [9.17, 15) is 22.4 Å². The molecular formula is C27H38FN3O4S. The number of carbonyl (C=O) groups is 2. The van der Waals surface area contributed by atoms with Crippen LogP contribution in [0.5, 0.6) is 0 Å². The number of rotatable bonds is 10. The van der Waals surface area contributed by atoms with Crippen LogP contribution in [0.15, 0.2) is 42.5 Å². The Kier molecular flexibility index (Phi) is 9.65. The van der Waals surface area contributed by atoms with Gasteiger partial charge in [0.1, 0.15) is 11.9 Å². The van der Waals surface area contributed by atoms with Crippen LogP contribution in [0, 0.1) is 19.7 Å². The molecule has 2 aromatic carbocycles. The summed E-state index contributed by atoms with van der Waals surface area (Å²) < 4.78 is 39.6. The highest BCUT2D eigenvalue weighted by atomic mass is 32.2. The maximum absolute atomic E-state index is 13.4. The molecule has 9 heteroatoms. The molecule has 7 nitrogen and oxygen atoms in total. The fourth-order valence-corrected chi connectivity index (χ4v) is 4.69. The quantitative estimate of drug-likeness (QED) is 0.507. The van der Waals surface area contributed by atoms with E-state index in [1.807, 2.05) is 46.8 Å². The van der Waals surface area contributed by atoms with E-state index in [-0.39, 0.29) is 43.6 Å². The van der Waals surface area contributed by atoms with Gasteiger partial charge in [-0.05, 0) is 88.9 Å². The van der Waals surface area contributed by atoms with Gasteiger partial charge in [0.15, 0.2) is 0 Å². The third-order valence-corrected chi connectivity index (χ3v) is 7.06. The van der Waals surface area contributed by atoms with Gasteiger partial charge in [-0.2, -0.15) is 0 Å². The summed E-state index contributed by atoms with van der Waals surface area (Å²) >= 11 is 0. The Morgan fingerprint density at radius 2 is 1.64 bits per heavy atom. The van der Waals surface area contributed by atoms with Gasteiger partial charge in [-0.1, -0.05) is 18.2 Å². The van der Waals surface area contributed by atoms with Crippen molar-refractivity contribution in [3.05, 3.63) is 65.0 Å². The van der Waals surface area contributed by atoms with Gasteiger partial charge in [0, 0.05) is 25.0 Å². The molecule has 2 aromatic rings. The number of benzene rings is 2. The minimum absolute atomic E-state index is 0.0468. The highest BCUT2D eigenvalue weighted by Crippen LogP contribution is 2.22. The van der Waals surface area contributed by atoms with E-state index in [0.29, 0.717) is 11.3 Å². The number of amides is 2. The molecule has 0 aliphatic carbocycles. The average Bonchev–Trinajstić information content (AvgIpc) is 2.75. The zero-order chi connectivity index (χ0) is 27.3. The van der Waals surface area contributed by atoms with Crippen molar-refractivity contribution in [2.45, 2.75) is 72.5 Å². The molecule has 0 saturated carbocycles. The van der Waals surface area contributed by atoms with E-state index in [1.165, 1.54) is 21.3 Å². The third-order valence-electron chi connectivity index (χ3n) is 5.86. The smallest absolute Gasteiger partial charge is 0.242 e. The Hall–Kier alpha value is -2.94. The summed E-state index contributed by atoms with van der Waals surface area (Å²) in [6.07, 6.45) is 1.46. The molecule has 0 aliphatic heterocycles. The Bertz CT molecular complexity index is 1170. The van der Waals surface area contributed by atoms with Crippen LogP contribution < -0.4 is 9.62 Å². The van der Waals surface area contributed by atoms with Crippen LogP contribution in [0.25, 0.3) is 0 Å². The summed E-state index contributed by atoms with van der Waals surface area (Å²) in [7, 11) is -3.56. The van der Waals surface area contributed by atoms with Gasteiger partial charge in [0.05, 0.1) is 11.9 Å². The zero-order valence-corrected chi connectivity index (χ0v) is 23.1. The molecule has 0 bridgehead atoms. The number of halogens is 1. The van der Waals surface area contributed by atoms with Crippen molar-refractivity contribution in [1.82, 2.24) is 10.2 Å². The van der Waals surface area contributed by atoms with E-state index in [0.717, 1.165) is 17.4 Å². The monoisotopic (exact) mass is 519 g/mol. The summed E-state index contributed by atoms with van der Waals surface area (Å²) in [5.41, 5.74) is 2.79. The Labute approximate surface area is 214 Å². The summed E-state index contributed by atoms with van der Waals surface area (Å²) in [6, 6.07) is 10.4. The van der Waals surface area contributed by atoms with Gasteiger partial charge in [-0.15, -0.1) is 0 Å². The minimum atomic E-state index is -3.56. The van der Waals surface area contributed by atoms with E-state index in [1.54, 1.807) is 25.1 Å². The number of aryl methyl sites for hydroxylation is 2. The van der Waals surface area contributed by atoms with E-state index in [2.05, 4.69) is 5.32 Å². The maximum Gasteiger partial charge on any atom is 0.242 e. The second-order valence-electron chi connectivity index (χ2n) is 10.3. The lowest BCUT2D eigenvalue weighted by Crippen LogP contribution is -2.52. The highest BCUT2D eigenvalue weighted by Gasteiger charge is 2.28. The zero-order valence-electron chi connectivity index (χ0n) is 22.3. The van der Waals surface area contributed by atoms with Gasteiger partial charge in [0.25, 0.3) is 0 Å². The molecule has 0 aliphatic rings. The lowest BCUT2D eigenvalue weighted by Gasteiger charge is -2.32. The van der Waals surface area contributed by atoms with Crippen molar-refractivity contribution >= 4 is 27.5 Å². The molecule has 2 rings (SSSR count). The van der Waals surface area contributed by atoms with E-state index < -0.39 is 21.6 Å². The first-order valence-corrected chi connectivity index (χ1v) is 13.8. The summed E-state index contributed by atoms with van der Waals surface area (Å²) in [5, 5.41) is 2.89. The lowest BCUT2D eigenvalue weighted by molar-refractivity contribution is -0.141. The van der Waals surface area contributed by atoms with Gasteiger partial charge in [0.2, 0.25) is 21.8 Å². The van der Waals surface area contributed by atoms with Crippen molar-refractivity contribution in [3.8, 4) is 0 Å². The van der Waals surface area contributed by atoms with Gasteiger partial charge in [-0.3, -0.25) is 13.9 Å². The first-order chi connectivity index (χ1) is 16.6. The number of anilines is 1. The molecule has 0 spiro atoms. The van der Waals surface area contributed by atoms with Crippen LogP contribution in [0.2, 0.25) is 0 Å². The number of nitrogens with zero attached hydrogens (tertiary/aromatic N) is 2. The van der Waals surface area contributed by atoms with Crippen LogP contribution in [0.4, 0.5) is 10.1 Å². The fraction of sp³-hybridized carbons (Fsp3) is 0.481. The van der Waals surface area contributed by atoms with Crippen LogP contribution >= 0.6 is 0 Å². The minimum Gasteiger partial charge on any atom is -0.350 e. The molecule has 0 saturated heterocycles. The molecule has 0 radical (unpaired) electrons. The first kappa shape index (κ1) is 29.3. The van der Waals surface area contributed by atoms with Crippen LogP contribution in [-0.2, 0) is 26.2 Å². The van der Waals surface area contributed by atoms with Crippen LogP contribution in [0.3, 0.4) is 0 Å². The highest BCUT2D eigenvalue weighted by molar-refractivity contribution is 7.92. The van der Waals surface area contributed by atoms with E-state index in [4.69, 9.17) is 0 Å². The molecule has 0 aromatic heterocycles. The van der Waals surface area contributed by atoms with Gasteiger partial charge >= 0.3 is 0 Å². The largest absolute Gasteiger partial charge is 0.350 e. The average molecular weight is 520 g/mol. The lowest BCUT2D eigenvalue weighted by atomic mass is 10.1. The van der Waals surface area contributed by atoms with Crippen molar-refractivity contribution in [2.24, 2.45) is 0 Å². The summed E-state index contributed by atoms with van der Waals surface area (Å²) in [4.78, 5) is 27.6. The normalized spacial score (nSPS) is 12.7. The summed E-state index contributed by atoms with van der Waals surface area (Å²) in [6.45, 7) is 11.4. The SMILES string of the molecule is Cc1ccc(N(CCCC(=O)N(Cc2ccc(F)cc2)[C@H](C)C(=O)NC(C)(C)C)S(C)(=O)=O)cc1C. The third kappa shape index (κ3) is 8.62. The molecule has 0 unspecified atom stereocenters. The van der Waals surface area contributed by atoms with Crippen molar-refractivity contribution in [3.63, 3.8) is 0 Å². The predicted molar refractivity (Wildman–Crippen MR) is 142 cm³/mol. The predicted octanol–water partition coefficient (Wildman–Crippen LogP) is 4.32. The number of sulfonamides is 1.